The Hall–Kier alpha value is -0.920. The maximum Gasteiger partial charge on any atom is 0.0644 e. The molecule has 0 aromatic heterocycles. The molecule has 2 N–H and O–H groups in total. The SMILES string of the molecule is CONC#CNOC. The summed E-state index contributed by atoms with van der Waals surface area (Å²) in [6.45, 7) is 0. The van der Waals surface area contributed by atoms with Gasteiger partial charge in [-0.2, -0.15) is 0 Å². The predicted octanol–water partition coefficient (Wildman–Crippen LogP) is -0.793. The second-order valence-corrected chi connectivity index (χ2v) is 0.862. The van der Waals surface area contributed by atoms with Crippen LogP contribution in [-0.4, -0.2) is 14.2 Å². The minimum Gasteiger partial charge on any atom is -0.272 e. The Labute approximate surface area is 48.1 Å². The van der Waals surface area contributed by atoms with E-state index in [9.17, 15) is 0 Å². The summed E-state index contributed by atoms with van der Waals surface area (Å²) in [5.74, 6) is 0. The van der Waals surface area contributed by atoms with Crippen molar-refractivity contribution in [3.63, 3.8) is 0 Å². The largest absolute Gasteiger partial charge is 0.272 e. The van der Waals surface area contributed by atoms with Gasteiger partial charge in [0.1, 0.15) is 0 Å². The molecule has 0 saturated heterocycles. The first-order chi connectivity index (χ1) is 3.91. The van der Waals surface area contributed by atoms with E-state index >= 15 is 0 Å². The normalized spacial score (nSPS) is 6.75. The minimum absolute atomic E-state index is 1.47. The monoisotopic (exact) mass is 116 g/mol. The van der Waals surface area contributed by atoms with Crippen molar-refractivity contribution in [3.8, 4) is 12.1 Å². The van der Waals surface area contributed by atoms with Crippen LogP contribution in [0.15, 0.2) is 0 Å². The van der Waals surface area contributed by atoms with Crippen LogP contribution in [0, 0.1) is 12.1 Å². The molecule has 0 aliphatic heterocycles. The average molecular weight is 116 g/mol. The van der Waals surface area contributed by atoms with Crippen molar-refractivity contribution in [3.05, 3.63) is 0 Å². The van der Waals surface area contributed by atoms with Crippen molar-refractivity contribution >= 4 is 0 Å². The molecule has 0 aromatic rings. The summed E-state index contributed by atoms with van der Waals surface area (Å²) < 4.78 is 0. The summed E-state index contributed by atoms with van der Waals surface area (Å²) in [4.78, 5) is 8.74. The number of rotatable bonds is 2. The summed E-state index contributed by atoms with van der Waals surface area (Å²) >= 11 is 0. The van der Waals surface area contributed by atoms with E-state index in [0.29, 0.717) is 0 Å². The number of nitrogens with one attached hydrogen (secondary N) is 2. The molecular weight excluding hydrogens is 108 g/mol. The number of hydroxylamine groups is 2. The van der Waals surface area contributed by atoms with Crippen LogP contribution >= 0.6 is 0 Å². The molecule has 0 aliphatic rings. The molecule has 0 aromatic carbocycles. The first kappa shape index (κ1) is 7.08. The Balaban J connectivity index is 2.95. The lowest BCUT2D eigenvalue weighted by Crippen LogP contribution is -2.06. The minimum atomic E-state index is 1.47. The second kappa shape index (κ2) is 6.08. The standard InChI is InChI=1S/C4H8N2O2/c1-7-5-3-4-6-8-2/h5-6H,1-2H3. The molecule has 8 heavy (non-hydrogen) atoms. The van der Waals surface area contributed by atoms with Gasteiger partial charge >= 0.3 is 0 Å². The van der Waals surface area contributed by atoms with Crippen molar-refractivity contribution in [2.24, 2.45) is 0 Å². The molecule has 4 nitrogen and oxygen atoms in total. The lowest BCUT2D eigenvalue weighted by atomic mass is 11.1. The maximum absolute atomic E-state index is 4.37. The van der Waals surface area contributed by atoms with Gasteiger partial charge in [-0.25, -0.2) is 11.0 Å². The van der Waals surface area contributed by atoms with Crippen LogP contribution in [0.25, 0.3) is 0 Å². The molecule has 46 valence electrons. The fourth-order valence-electron chi connectivity index (χ4n) is 0.153. The van der Waals surface area contributed by atoms with Crippen LogP contribution in [0.2, 0.25) is 0 Å². The molecule has 0 aliphatic carbocycles. The molecule has 0 saturated carbocycles. The summed E-state index contributed by atoms with van der Waals surface area (Å²) in [6.07, 6.45) is 0. The Morgan fingerprint density at radius 2 is 1.38 bits per heavy atom. The fourth-order valence-corrected chi connectivity index (χ4v) is 0.153. The highest BCUT2D eigenvalue weighted by Crippen LogP contribution is 1.48. The molecule has 0 atom stereocenters. The number of hydrogen-bond acceptors (Lipinski definition) is 4. The lowest BCUT2D eigenvalue weighted by Gasteiger charge is -1.88. The first-order valence-corrected chi connectivity index (χ1v) is 1.97. The topological polar surface area (TPSA) is 42.5 Å². The van der Waals surface area contributed by atoms with E-state index < -0.39 is 0 Å². The molecular formula is C4H8N2O2. The quantitative estimate of drug-likeness (QED) is 0.282. The van der Waals surface area contributed by atoms with E-state index in [4.69, 9.17) is 0 Å². The zero-order chi connectivity index (χ0) is 6.24. The molecule has 0 rings (SSSR count). The van der Waals surface area contributed by atoms with Gasteiger partial charge in [0.15, 0.2) is 0 Å². The molecule has 0 bridgehead atoms. The third-order valence-corrected chi connectivity index (χ3v) is 0.369. The van der Waals surface area contributed by atoms with Gasteiger partial charge in [-0.3, -0.25) is 9.68 Å². The maximum atomic E-state index is 4.37. The molecule has 0 fully saturated rings. The molecule has 0 spiro atoms. The van der Waals surface area contributed by atoms with Crippen molar-refractivity contribution in [2.45, 2.75) is 0 Å². The van der Waals surface area contributed by atoms with Crippen molar-refractivity contribution in [2.75, 3.05) is 14.2 Å². The van der Waals surface area contributed by atoms with Gasteiger partial charge in [-0.1, -0.05) is 0 Å². The van der Waals surface area contributed by atoms with Gasteiger partial charge in [0, 0.05) is 0 Å². The Morgan fingerprint density at radius 3 is 1.62 bits per heavy atom. The molecule has 0 unspecified atom stereocenters. The Kier molecular flexibility index (Phi) is 5.38. The van der Waals surface area contributed by atoms with E-state index in [0.717, 1.165) is 0 Å². The summed E-state index contributed by atoms with van der Waals surface area (Å²) in [7, 11) is 2.95. The average Bonchev–Trinajstić information content (AvgIpc) is 1.81. The van der Waals surface area contributed by atoms with Crippen LogP contribution in [-0.2, 0) is 9.68 Å². The highest BCUT2D eigenvalue weighted by atomic mass is 16.6. The van der Waals surface area contributed by atoms with Crippen molar-refractivity contribution < 1.29 is 9.68 Å². The highest BCUT2D eigenvalue weighted by Gasteiger charge is 1.62. The van der Waals surface area contributed by atoms with Gasteiger partial charge in [-0.15, -0.1) is 0 Å². The van der Waals surface area contributed by atoms with Gasteiger partial charge in [0.2, 0.25) is 0 Å². The van der Waals surface area contributed by atoms with Gasteiger partial charge in [-0.05, 0) is 0 Å². The van der Waals surface area contributed by atoms with Crippen LogP contribution in [0.4, 0.5) is 0 Å². The smallest absolute Gasteiger partial charge is 0.0644 e. The van der Waals surface area contributed by atoms with E-state index in [1.54, 1.807) is 0 Å². The molecule has 0 radical (unpaired) electrons. The van der Waals surface area contributed by atoms with E-state index in [1.165, 1.54) is 14.2 Å². The Morgan fingerprint density at radius 1 is 1.00 bits per heavy atom. The van der Waals surface area contributed by atoms with Crippen LogP contribution < -0.4 is 11.0 Å². The summed E-state index contributed by atoms with van der Waals surface area (Å²) in [5.41, 5.74) is 4.56. The van der Waals surface area contributed by atoms with E-state index in [-0.39, 0.29) is 0 Å². The van der Waals surface area contributed by atoms with Crippen LogP contribution in [0.3, 0.4) is 0 Å². The van der Waals surface area contributed by atoms with Crippen molar-refractivity contribution in [1.29, 1.82) is 0 Å². The lowest BCUT2D eigenvalue weighted by molar-refractivity contribution is 0.127. The van der Waals surface area contributed by atoms with Gasteiger partial charge in [0.05, 0.1) is 26.3 Å². The van der Waals surface area contributed by atoms with E-state index in [2.05, 4.69) is 32.7 Å². The van der Waals surface area contributed by atoms with Crippen LogP contribution in [0.1, 0.15) is 0 Å². The Bertz CT molecular complexity index is 83.9. The molecule has 0 amide bonds. The van der Waals surface area contributed by atoms with Gasteiger partial charge in [0.25, 0.3) is 0 Å². The van der Waals surface area contributed by atoms with E-state index in [1.807, 2.05) is 0 Å². The zero-order valence-electron chi connectivity index (χ0n) is 4.82. The number of hydrogen-bond donors (Lipinski definition) is 2. The third kappa shape index (κ3) is 5.08. The first-order valence-electron chi connectivity index (χ1n) is 1.97. The van der Waals surface area contributed by atoms with Gasteiger partial charge < -0.3 is 0 Å². The van der Waals surface area contributed by atoms with Crippen molar-refractivity contribution in [1.82, 2.24) is 11.0 Å². The highest BCUT2D eigenvalue weighted by molar-refractivity contribution is 4.88. The third-order valence-electron chi connectivity index (χ3n) is 0.369. The van der Waals surface area contributed by atoms with Crippen LogP contribution in [0.5, 0.6) is 0 Å². The summed E-state index contributed by atoms with van der Waals surface area (Å²) in [6, 6.07) is 4.76. The second-order valence-electron chi connectivity index (χ2n) is 0.862. The molecule has 4 heteroatoms. The zero-order valence-corrected chi connectivity index (χ0v) is 4.82. The molecule has 0 heterocycles. The fraction of sp³-hybridized carbons (Fsp3) is 0.500. The summed E-state index contributed by atoms with van der Waals surface area (Å²) in [5, 5.41) is 0. The predicted molar refractivity (Wildman–Crippen MR) is 28.1 cm³/mol.